The molecule has 0 unspecified atom stereocenters. The van der Waals surface area contributed by atoms with Gasteiger partial charge in [-0.25, -0.2) is 0 Å². The number of nitrogens with two attached hydrogens (primary N) is 1. The number of likely N-dealkylation sites (tertiary alicyclic amines) is 1. The van der Waals surface area contributed by atoms with Crippen LogP contribution in [0.25, 0.3) is 0 Å². The predicted molar refractivity (Wildman–Crippen MR) is 66.4 cm³/mol. The van der Waals surface area contributed by atoms with Gasteiger partial charge in [0.1, 0.15) is 0 Å². The summed E-state index contributed by atoms with van der Waals surface area (Å²) < 4.78 is 0. The summed E-state index contributed by atoms with van der Waals surface area (Å²) in [7, 11) is 0. The number of amides is 1. The standard InChI is InChI=1S/C13H18N2O2/c1-2-13(17)8-15(9-13)12(16)7-10-5-3-4-6-11(10)14/h3-6,17H,2,7-9,14H2,1H3. The molecule has 0 bridgehead atoms. The molecule has 1 aliphatic rings. The predicted octanol–water partition coefficient (Wildman–Crippen LogP) is 0.795. The van der Waals surface area contributed by atoms with Gasteiger partial charge < -0.3 is 15.7 Å². The Morgan fingerprint density at radius 2 is 2.12 bits per heavy atom. The van der Waals surface area contributed by atoms with Crippen molar-refractivity contribution in [2.75, 3.05) is 18.8 Å². The van der Waals surface area contributed by atoms with Gasteiger partial charge in [0.15, 0.2) is 0 Å². The first-order valence-electron chi connectivity index (χ1n) is 5.87. The minimum absolute atomic E-state index is 0.0287. The van der Waals surface area contributed by atoms with E-state index in [-0.39, 0.29) is 5.91 Å². The average molecular weight is 234 g/mol. The largest absolute Gasteiger partial charge is 0.398 e. The molecule has 0 radical (unpaired) electrons. The second-order valence-corrected chi connectivity index (χ2v) is 4.70. The lowest BCUT2D eigenvalue weighted by Crippen LogP contribution is -2.63. The molecule has 17 heavy (non-hydrogen) atoms. The highest BCUT2D eigenvalue weighted by molar-refractivity contribution is 5.81. The maximum Gasteiger partial charge on any atom is 0.227 e. The summed E-state index contributed by atoms with van der Waals surface area (Å²) in [5, 5.41) is 9.84. The fraction of sp³-hybridized carbons (Fsp3) is 0.462. The van der Waals surface area contributed by atoms with Crippen molar-refractivity contribution in [3.8, 4) is 0 Å². The number of β-amino-alcohol motifs (C(OH)–C–C–N with tert-alkyl or cyclic N) is 1. The topological polar surface area (TPSA) is 66.6 Å². The van der Waals surface area contributed by atoms with Crippen molar-refractivity contribution in [3.05, 3.63) is 29.8 Å². The van der Waals surface area contributed by atoms with Gasteiger partial charge in [0, 0.05) is 5.69 Å². The van der Waals surface area contributed by atoms with Gasteiger partial charge in [-0.1, -0.05) is 25.1 Å². The van der Waals surface area contributed by atoms with Crippen LogP contribution in [0.1, 0.15) is 18.9 Å². The zero-order valence-electron chi connectivity index (χ0n) is 10.0. The highest BCUT2D eigenvalue weighted by Gasteiger charge is 2.41. The van der Waals surface area contributed by atoms with E-state index in [4.69, 9.17) is 5.73 Å². The third-order valence-corrected chi connectivity index (χ3v) is 3.38. The lowest BCUT2D eigenvalue weighted by Gasteiger charge is -2.46. The summed E-state index contributed by atoms with van der Waals surface area (Å²) in [4.78, 5) is 13.6. The fourth-order valence-electron chi connectivity index (χ4n) is 2.03. The molecule has 1 fully saturated rings. The molecule has 4 nitrogen and oxygen atoms in total. The van der Waals surface area contributed by atoms with Crippen LogP contribution >= 0.6 is 0 Å². The lowest BCUT2D eigenvalue weighted by molar-refractivity contribution is -0.155. The van der Waals surface area contributed by atoms with Gasteiger partial charge in [-0.3, -0.25) is 4.79 Å². The molecule has 3 N–H and O–H groups in total. The van der Waals surface area contributed by atoms with Crippen LogP contribution in [0.15, 0.2) is 24.3 Å². The second-order valence-electron chi connectivity index (χ2n) is 4.70. The first-order chi connectivity index (χ1) is 8.04. The fourth-order valence-corrected chi connectivity index (χ4v) is 2.03. The van der Waals surface area contributed by atoms with E-state index in [1.807, 2.05) is 25.1 Å². The zero-order chi connectivity index (χ0) is 12.5. The summed E-state index contributed by atoms with van der Waals surface area (Å²) >= 11 is 0. The van der Waals surface area contributed by atoms with Gasteiger partial charge >= 0.3 is 0 Å². The van der Waals surface area contributed by atoms with Crippen LogP contribution in [0.3, 0.4) is 0 Å². The first kappa shape index (κ1) is 11.9. The number of rotatable bonds is 3. The van der Waals surface area contributed by atoms with Crippen molar-refractivity contribution < 1.29 is 9.90 Å². The number of benzene rings is 1. The minimum atomic E-state index is -0.669. The molecule has 1 aromatic rings. The smallest absolute Gasteiger partial charge is 0.227 e. The maximum atomic E-state index is 11.9. The Balaban J connectivity index is 1.94. The van der Waals surface area contributed by atoms with E-state index in [9.17, 15) is 9.90 Å². The molecule has 92 valence electrons. The molecule has 1 aliphatic heterocycles. The van der Waals surface area contributed by atoms with E-state index in [0.29, 0.717) is 31.6 Å². The number of nitrogen functional groups attached to an aromatic ring is 1. The van der Waals surface area contributed by atoms with E-state index >= 15 is 0 Å². The Bertz CT molecular complexity index is 425. The van der Waals surface area contributed by atoms with Crippen molar-refractivity contribution in [1.82, 2.24) is 4.90 Å². The van der Waals surface area contributed by atoms with Gasteiger partial charge in [-0.05, 0) is 18.1 Å². The number of carbonyl (C=O) groups excluding carboxylic acids is 1. The van der Waals surface area contributed by atoms with Gasteiger partial charge in [-0.15, -0.1) is 0 Å². The van der Waals surface area contributed by atoms with E-state index in [1.54, 1.807) is 11.0 Å². The molecule has 1 aromatic carbocycles. The number of anilines is 1. The Morgan fingerprint density at radius 1 is 1.47 bits per heavy atom. The van der Waals surface area contributed by atoms with Crippen LogP contribution in [0.4, 0.5) is 5.69 Å². The summed E-state index contributed by atoms with van der Waals surface area (Å²) in [6.45, 7) is 2.81. The Labute approximate surface area is 101 Å². The summed E-state index contributed by atoms with van der Waals surface area (Å²) in [6, 6.07) is 7.38. The summed E-state index contributed by atoms with van der Waals surface area (Å²) in [5.74, 6) is 0.0287. The number of hydrogen-bond acceptors (Lipinski definition) is 3. The van der Waals surface area contributed by atoms with Crippen molar-refractivity contribution in [2.24, 2.45) is 0 Å². The number of para-hydroxylation sites is 1. The van der Waals surface area contributed by atoms with Crippen molar-refractivity contribution in [1.29, 1.82) is 0 Å². The molecule has 0 aliphatic carbocycles. The van der Waals surface area contributed by atoms with E-state index in [2.05, 4.69) is 0 Å². The molecule has 0 saturated carbocycles. The van der Waals surface area contributed by atoms with E-state index in [1.165, 1.54) is 0 Å². The highest BCUT2D eigenvalue weighted by atomic mass is 16.3. The maximum absolute atomic E-state index is 11.9. The molecule has 1 saturated heterocycles. The Morgan fingerprint density at radius 3 is 2.71 bits per heavy atom. The molecule has 1 heterocycles. The van der Waals surface area contributed by atoms with E-state index < -0.39 is 5.60 Å². The molecule has 2 rings (SSSR count). The molecular weight excluding hydrogens is 216 g/mol. The van der Waals surface area contributed by atoms with Crippen molar-refractivity contribution in [3.63, 3.8) is 0 Å². The highest BCUT2D eigenvalue weighted by Crippen LogP contribution is 2.25. The van der Waals surface area contributed by atoms with Gasteiger partial charge in [0.05, 0.1) is 25.1 Å². The van der Waals surface area contributed by atoms with Crippen molar-refractivity contribution >= 4 is 11.6 Å². The third-order valence-electron chi connectivity index (χ3n) is 3.38. The molecule has 0 aromatic heterocycles. The molecule has 0 spiro atoms. The van der Waals surface area contributed by atoms with Crippen molar-refractivity contribution in [2.45, 2.75) is 25.4 Å². The number of carbonyl (C=O) groups is 1. The number of hydrogen-bond donors (Lipinski definition) is 2. The lowest BCUT2D eigenvalue weighted by atomic mass is 9.90. The molecule has 4 heteroatoms. The number of nitrogens with zero attached hydrogens (tertiary/aromatic N) is 1. The van der Waals surface area contributed by atoms with Crippen LogP contribution in [0.2, 0.25) is 0 Å². The average Bonchev–Trinajstić information content (AvgIpc) is 2.28. The SMILES string of the molecule is CCC1(O)CN(C(=O)Cc2ccccc2N)C1. The number of aliphatic hydroxyl groups is 1. The third kappa shape index (κ3) is 2.42. The molecule has 1 amide bonds. The van der Waals surface area contributed by atoms with Crippen LogP contribution < -0.4 is 5.73 Å². The second kappa shape index (κ2) is 4.37. The monoisotopic (exact) mass is 234 g/mol. The Kier molecular flexibility index (Phi) is 3.07. The van der Waals surface area contributed by atoms with Crippen LogP contribution in [0, 0.1) is 0 Å². The summed E-state index contributed by atoms with van der Waals surface area (Å²) in [6.07, 6.45) is 0.997. The molecule has 0 atom stereocenters. The zero-order valence-corrected chi connectivity index (χ0v) is 10.0. The first-order valence-corrected chi connectivity index (χ1v) is 5.87. The van der Waals surface area contributed by atoms with E-state index in [0.717, 1.165) is 5.56 Å². The Hall–Kier alpha value is -1.55. The van der Waals surface area contributed by atoms with Gasteiger partial charge in [0.25, 0.3) is 0 Å². The van der Waals surface area contributed by atoms with Crippen LogP contribution in [-0.2, 0) is 11.2 Å². The molecular formula is C13H18N2O2. The van der Waals surface area contributed by atoms with Crippen LogP contribution in [0.5, 0.6) is 0 Å². The quantitative estimate of drug-likeness (QED) is 0.760. The normalized spacial score (nSPS) is 17.6. The minimum Gasteiger partial charge on any atom is -0.398 e. The van der Waals surface area contributed by atoms with Gasteiger partial charge in [-0.2, -0.15) is 0 Å². The summed E-state index contributed by atoms with van der Waals surface area (Å²) in [5.41, 5.74) is 6.62. The van der Waals surface area contributed by atoms with Crippen LogP contribution in [-0.4, -0.2) is 34.6 Å². The van der Waals surface area contributed by atoms with Gasteiger partial charge in [0.2, 0.25) is 5.91 Å².